The summed E-state index contributed by atoms with van der Waals surface area (Å²) < 4.78 is 15.1. The van der Waals surface area contributed by atoms with E-state index in [9.17, 15) is 9.18 Å². The molecular formula is C16H14FN3O2. The van der Waals surface area contributed by atoms with E-state index in [2.05, 4.69) is 10.3 Å². The molecule has 3 rings (SSSR count). The van der Waals surface area contributed by atoms with Crippen molar-refractivity contribution in [3.8, 4) is 0 Å². The van der Waals surface area contributed by atoms with Crippen LogP contribution in [0.15, 0.2) is 49.1 Å². The Labute approximate surface area is 126 Å². The summed E-state index contributed by atoms with van der Waals surface area (Å²) in [4.78, 5) is 16.1. The molecule has 0 aliphatic carbocycles. The Morgan fingerprint density at radius 1 is 1.32 bits per heavy atom. The lowest BCUT2D eigenvalue weighted by atomic mass is 10.1. The van der Waals surface area contributed by atoms with Crippen molar-refractivity contribution in [2.24, 2.45) is 0 Å². The van der Waals surface area contributed by atoms with E-state index in [1.807, 2.05) is 4.40 Å². The number of aliphatic hydroxyl groups excluding tert-OH is 1. The smallest absolute Gasteiger partial charge is 0.251 e. The number of fused-ring (bicyclic) bond motifs is 1. The number of nitrogens with zero attached hydrogens (tertiary/aromatic N) is 2. The van der Waals surface area contributed by atoms with Crippen LogP contribution in [0.25, 0.3) is 5.52 Å². The van der Waals surface area contributed by atoms with E-state index in [4.69, 9.17) is 5.11 Å². The minimum atomic E-state index is -0.455. The molecule has 0 saturated heterocycles. The Bertz CT molecular complexity index is 829. The van der Waals surface area contributed by atoms with Crippen molar-refractivity contribution in [2.75, 3.05) is 0 Å². The molecule has 3 aromatic rings. The molecule has 0 fully saturated rings. The summed E-state index contributed by atoms with van der Waals surface area (Å²) in [5.74, 6) is -0.678. The minimum absolute atomic E-state index is 0.215. The third kappa shape index (κ3) is 2.82. The van der Waals surface area contributed by atoms with Crippen LogP contribution in [0.1, 0.15) is 21.5 Å². The first-order valence-electron chi connectivity index (χ1n) is 6.75. The number of hydrogen-bond donors (Lipinski definition) is 2. The molecule has 22 heavy (non-hydrogen) atoms. The number of rotatable bonds is 4. The fourth-order valence-electron chi connectivity index (χ4n) is 2.20. The van der Waals surface area contributed by atoms with Crippen molar-refractivity contribution in [3.05, 3.63) is 71.6 Å². The van der Waals surface area contributed by atoms with E-state index in [0.29, 0.717) is 5.56 Å². The second-order valence-corrected chi connectivity index (χ2v) is 4.91. The fourth-order valence-corrected chi connectivity index (χ4v) is 2.20. The monoisotopic (exact) mass is 299 g/mol. The van der Waals surface area contributed by atoms with Crippen LogP contribution >= 0.6 is 0 Å². The standard InChI is InChI=1S/C16H14FN3O2/c17-15-2-1-11(5-13(15)9-21)7-19-16(22)12-3-4-20-10-18-8-14(20)6-12/h1-6,8,10,21H,7,9H2,(H,19,22). The van der Waals surface area contributed by atoms with Crippen molar-refractivity contribution in [1.29, 1.82) is 0 Å². The zero-order chi connectivity index (χ0) is 15.5. The van der Waals surface area contributed by atoms with Crippen LogP contribution in [0.3, 0.4) is 0 Å². The summed E-state index contributed by atoms with van der Waals surface area (Å²) in [5.41, 5.74) is 2.30. The van der Waals surface area contributed by atoms with Crippen molar-refractivity contribution < 1.29 is 14.3 Å². The number of carbonyl (C=O) groups excluding carboxylic acids is 1. The van der Waals surface area contributed by atoms with Gasteiger partial charge in [-0.05, 0) is 29.8 Å². The van der Waals surface area contributed by atoms with Gasteiger partial charge < -0.3 is 14.8 Å². The van der Waals surface area contributed by atoms with Gasteiger partial charge in [0.05, 0.1) is 24.6 Å². The molecule has 0 spiro atoms. The highest BCUT2D eigenvalue weighted by atomic mass is 19.1. The van der Waals surface area contributed by atoms with E-state index in [0.717, 1.165) is 11.1 Å². The molecule has 0 saturated carbocycles. The lowest BCUT2D eigenvalue weighted by molar-refractivity contribution is 0.0951. The van der Waals surface area contributed by atoms with Gasteiger partial charge >= 0.3 is 0 Å². The van der Waals surface area contributed by atoms with Crippen molar-refractivity contribution in [1.82, 2.24) is 14.7 Å². The molecule has 2 N–H and O–H groups in total. The molecule has 1 aromatic carbocycles. The van der Waals surface area contributed by atoms with Crippen LogP contribution in [-0.4, -0.2) is 20.4 Å². The van der Waals surface area contributed by atoms with Crippen molar-refractivity contribution in [3.63, 3.8) is 0 Å². The van der Waals surface area contributed by atoms with Crippen molar-refractivity contribution >= 4 is 11.4 Å². The summed E-state index contributed by atoms with van der Waals surface area (Å²) in [6.45, 7) is -0.109. The van der Waals surface area contributed by atoms with Crippen LogP contribution in [-0.2, 0) is 13.2 Å². The van der Waals surface area contributed by atoms with Gasteiger partial charge in [-0.15, -0.1) is 0 Å². The van der Waals surface area contributed by atoms with E-state index in [1.165, 1.54) is 12.1 Å². The summed E-state index contributed by atoms with van der Waals surface area (Å²) >= 11 is 0. The van der Waals surface area contributed by atoms with E-state index in [-0.39, 0.29) is 24.6 Å². The second-order valence-electron chi connectivity index (χ2n) is 4.91. The van der Waals surface area contributed by atoms with Gasteiger partial charge in [0.1, 0.15) is 5.82 Å². The Hall–Kier alpha value is -2.73. The Morgan fingerprint density at radius 3 is 3.00 bits per heavy atom. The van der Waals surface area contributed by atoms with Gasteiger partial charge in [0.25, 0.3) is 5.91 Å². The Kier molecular flexibility index (Phi) is 3.84. The Balaban J connectivity index is 1.71. The van der Waals surface area contributed by atoms with Gasteiger partial charge in [-0.1, -0.05) is 6.07 Å². The number of aliphatic hydroxyl groups is 1. The maximum Gasteiger partial charge on any atom is 0.251 e. The number of aromatic nitrogens is 2. The third-order valence-electron chi connectivity index (χ3n) is 3.41. The normalized spacial score (nSPS) is 10.8. The Morgan fingerprint density at radius 2 is 2.18 bits per heavy atom. The maximum absolute atomic E-state index is 13.3. The SMILES string of the molecule is O=C(NCc1ccc(F)c(CO)c1)c1ccn2cncc2c1. The molecule has 0 bridgehead atoms. The molecule has 2 heterocycles. The van der Waals surface area contributed by atoms with Crippen LogP contribution in [0.4, 0.5) is 4.39 Å². The quantitative estimate of drug-likeness (QED) is 0.773. The molecule has 0 aliphatic heterocycles. The summed E-state index contributed by atoms with van der Waals surface area (Å²) in [6, 6.07) is 7.84. The molecule has 0 unspecified atom stereocenters. The fraction of sp³-hybridized carbons (Fsp3) is 0.125. The van der Waals surface area contributed by atoms with Gasteiger partial charge in [-0.25, -0.2) is 9.37 Å². The number of pyridine rings is 1. The van der Waals surface area contributed by atoms with Crippen molar-refractivity contribution in [2.45, 2.75) is 13.2 Å². The molecule has 112 valence electrons. The first-order chi connectivity index (χ1) is 10.7. The van der Waals surface area contributed by atoms with E-state index in [1.54, 1.807) is 36.9 Å². The first-order valence-corrected chi connectivity index (χ1v) is 6.75. The number of halogens is 1. The average Bonchev–Trinajstić information content (AvgIpc) is 3.01. The molecular weight excluding hydrogens is 285 g/mol. The second kappa shape index (κ2) is 5.95. The van der Waals surface area contributed by atoms with Gasteiger partial charge in [-0.2, -0.15) is 0 Å². The number of nitrogens with one attached hydrogen (secondary N) is 1. The average molecular weight is 299 g/mol. The maximum atomic E-state index is 13.3. The molecule has 5 nitrogen and oxygen atoms in total. The highest BCUT2D eigenvalue weighted by Crippen LogP contribution is 2.11. The number of imidazole rings is 1. The number of carbonyl (C=O) groups is 1. The topological polar surface area (TPSA) is 66.6 Å². The van der Waals surface area contributed by atoms with Gasteiger partial charge in [0.15, 0.2) is 0 Å². The molecule has 1 amide bonds. The molecule has 2 aromatic heterocycles. The van der Waals surface area contributed by atoms with Gasteiger partial charge in [-0.3, -0.25) is 4.79 Å². The minimum Gasteiger partial charge on any atom is -0.392 e. The van der Waals surface area contributed by atoms with Crippen LogP contribution in [0, 0.1) is 5.82 Å². The molecule has 0 aliphatic rings. The zero-order valence-electron chi connectivity index (χ0n) is 11.7. The van der Waals surface area contributed by atoms with Gasteiger partial charge in [0, 0.05) is 23.9 Å². The number of amides is 1. The lowest BCUT2D eigenvalue weighted by Crippen LogP contribution is -2.23. The number of hydrogen-bond acceptors (Lipinski definition) is 3. The zero-order valence-corrected chi connectivity index (χ0v) is 11.7. The van der Waals surface area contributed by atoms with E-state index < -0.39 is 5.82 Å². The number of benzene rings is 1. The van der Waals surface area contributed by atoms with Crippen LogP contribution in [0.2, 0.25) is 0 Å². The highest BCUT2D eigenvalue weighted by molar-refractivity contribution is 5.95. The lowest BCUT2D eigenvalue weighted by Gasteiger charge is -2.08. The van der Waals surface area contributed by atoms with E-state index >= 15 is 0 Å². The predicted molar refractivity (Wildman–Crippen MR) is 78.7 cm³/mol. The first kappa shape index (κ1) is 14.2. The predicted octanol–water partition coefficient (Wildman–Crippen LogP) is 1.90. The molecule has 0 radical (unpaired) electrons. The molecule has 6 heteroatoms. The summed E-state index contributed by atoms with van der Waals surface area (Å²) in [5, 5.41) is 11.8. The van der Waals surface area contributed by atoms with Crippen LogP contribution in [0.5, 0.6) is 0 Å². The summed E-state index contributed by atoms with van der Waals surface area (Å²) in [7, 11) is 0. The molecule has 0 atom stereocenters. The van der Waals surface area contributed by atoms with Gasteiger partial charge in [0.2, 0.25) is 0 Å². The summed E-state index contributed by atoms with van der Waals surface area (Å²) in [6.07, 6.45) is 5.09. The largest absolute Gasteiger partial charge is 0.392 e. The highest BCUT2D eigenvalue weighted by Gasteiger charge is 2.08. The van der Waals surface area contributed by atoms with Crippen LogP contribution < -0.4 is 5.32 Å². The third-order valence-corrected chi connectivity index (χ3v) is 3.41.